The highest BCUT2D eigenvalue weighted by atomic mass is 35.5. The number of nitrogens with one attached hydrogen (secondary N) is 1. The van der Waals surface area contributed by atoms with Gasteiger partial charge in [0.15, 0.2) is 0 Å². The Hall–Kier alpha value is -1.51. The molecule has 2 aromatic rings. The van der Waals surface area contributed by atoms with Crippen molar-refractivity contribution < 1.29 is 17.9 Å². The first-order valence-corrected chi connectivity index (χ1v) is 11.4. The molecule has 1 unspecified atom stereocenters. The first-order chi connectivity index (χ1) is 13.3. The van der Waals surface area contributed by atoms with E-state index in [0.29, 0.717) is 34.8 Å². The molecule has 1 heterocycles. The third-order valence-corrected chi connectivity index (χ3v) is 5.59. The Bertz CT molecular complexity index is 907. The van der Waals surface area contributed by atoms with Crippen molar-refractivity contribution in [3.63, 3.8) is 0 Å². The summed E-state index contributed by atoms with van der Waals surface area (Å²) in [7, 11) is -3.28. The van der Waals surface area contributed by atoms with Gasteiger partial charge in [-0.05, 0) is 48.4 Å². The minimum Gasteiger partial charge on any atom is -0.491 e. The summed E-state index contributed by atoms with van der Waals surface area (Å²) < 4.78 is 36.4. The number of rotatable bonds is 8. The fraction of sp³-hybridized carbons (Fsp3) is 0.368. The molecule has 6 nitrogen and oxygen atoms in total. The van der Waals surface area contributed by atoms with Gasteiger partial charge < -0.3 is 9.47 Å². The number of hydrogen-bond acceptors (Lipinski definition) is 5. The van der Waals surface area contributed by atoms with Crippen molar-refractivity contribution >= 4 is 38.9 Å². The lowest BCUT2D eigenvalue weighted by molar-refractivity contribution is 0.0593. The van der Waals surface area contributed by atoms with E-state index in [2.05, 4.69) is 9.62 Å². The van der Waals surface area contributed by atoms with Gasteiger partial charge in [-0.1, -0.05) is 29.3 Å². The maximum Gasteiger partial charge on any atom is 0.229 e. The smallest absolute Gasteiger partial charge is 0.229 e. The van der Waals surface area contributed by atoms with Crippen molar-refractivity contribution in [1.82, 2.24) is 4.90 Å². The molecule has 3 rings (SSSR count). The van der Waals surface area contributed by atoms with Crippen molar-refractivity contribution in [1.29, 1.82) is 0 Å². The molecular formula is C19H22Cl2N2O4S. The number of halogens is 2. The Kier molecular flexibility index (Phi) is 7.06. The molecule has 0 spiro atoms. The molecule has 1 N–H and O–H groups in total. The molecule has 1 aliphatic rings. The molecule has 9 heteroatoms. The molecule has 28 heavy (non-hydrogen) atoms. The van der Waals surface area contributed by atoms with Crippen LogP contribution in [0.1, 0.15) is 5.56 Å². The highest BCUT2D eigenvalue weighted by Crippen LogP contribution is 2.23. The Balaban J connectivity index is 1.41. The molecule has 0 amide bonds. The van der Waals surface area contributed by atoms with Gasteiger partial charge in [0.1, 0.15) is 18.5 Å². The molecule has 2 aromatic carbocycles. The van der Waals surface area contributed by atoms with Crippen molar-refractivity contribution in [3.05, 3.63) is 58.1 Å². The largest absolute Gasteiger partial charge is 0.491 e. The highest BCUT2D eigenvalue weighted by Gasteiger charge is 2.23. The Morgan fingerprint density at radius 3 is 2.61 bits per heavy atom. The topological polar surface area (TPSA) is 67.9 Å². The molecule has 0 saturated carbocycles. The fourth-order valence-corrected chi connectivity index (χ4v) is 3.75. The van der Waals surface area contributed by atoms with Gasteiger partial charge in [-0.2, -0.15) is 0 Å². The predicted molar refractivity (Wildman–Crippen MR) is 112 cm³/mol. The SMILES string of the molecule is CS(=O)(=O)Nc1ccc(OCC2CN(CCc3ccc(Cl)c(Cl)c3)CO2)cc1. The van der Waals surface area contributed by atoms with Crippen LogP contribution < -0.4 is 9.46 Å². The minimum atomic E-state index is -3.28. The van der Waals surface area contributed by atoms with E-state index in [-0.39, 0.29) is 6.10 Å². The molecule has 1 fully saturated rings. The average molecular weight is 445 g/mol. The summed E-state index contributed by atoms with van der Waals surface area (Å²) in [6.07, 6.45) is 1.97. The van der Waals surface area contributed by atoms with Crippen LogP contribution in [0.3, 0.4) is 0 Å². The molecule has 1 atom stereocenters. The standard InChI is InChI=1S/C19H22Cl2N2O4S/c1-28(24,25)22-15-3-5-16(6-4-15)26-12-17-11-23(13-27-17)9-8-14-2-7-18(20)19(21)10-14/h2-7,10,17,22H,8-9,11-13H2,1H3. The van der Waals surface area contributed by atoms with Crippen LogP contribution in [-0.4, -0.2) is 52.1 Å². The van der Waals surface area contributed by atoms with Crippen molar-refractivity contribution in [2.24, 2.45) is 0 Å². The van der Waals surface area contributed by atoms with Gasteiger partial charge in [0.2, 0.25) is 10.0 Å². The minimum absolute atomic E-state index is 0.0115. The summed E-state index contributed by atoms with van der Waals surface area (Å²) >= 11 is 12.0. The zero-order valence-electron chi connectivity index (χ0n) is 15.4. The van der Waals surface area contributed by atoms with Gasteiger partial charge in [0.05, 0.1) is 23.0 Å². The second-order valence-corrected chi connectivity index (χ2v) is 9.27. The van der Waals surface area contributed by atoms with Crippen LogP contribution in [0.5, 0.6) is 5.75 Å². The summed E-state index contributed by atoms with van der Waals surface area (Å²) in [4.78, 5) is 2.22. The van der Waals surface area contributed by atoms with E-state index in [4.69, 9.17) is 32.7 Å². The zero-order valence-corrected chi connectivity index (χ0v) is 17.7. The molecule has 0 aliphatic carbocycles. The van der Waals surface area contributed by atoms with E-state index in [1.165, 1.54) is 0 Å². The molecule has 0 aromatic heterocycles. The van der Waals surface area contributed by atoms with Crippen molar-refractivity contribution in [3.8, 4) is 5.75 Å². The van der Waals surface area contributed by atoms with Crippen LogP contribution in [0.25, 0.3) is 0 Å². The van der Waals surface area contributed by atoms with Gasteiger partial charge in [-0.15, -0.1) is 0 Å². The number of anilines is 1. The van der Waals surface area contributed by atoms with Crippen LogP contribution in [0.2, 0.25) is 10.0 Å². The van der Waals surface area contributed by atoms with E-state index >= 15 is 0 Å². The van der Waals surface area contributed by atoms with Crippen LogP contribution >= 0.6 is 23.2 Å². The summed E-state index contributed by atoms with van der Waals surface area (Å²) in [5, 5.41) is 1.13. The van der Waals surface area contributed by atoms with E-state index in [1.807, 2.05) is 18.2 Å². The molecule has 0 radical (unpaired) electrons. The van der Waals surface area contributed by atoms with Crippen LogP contribution in [0.15, 0.2) is 42.5 Å². The number of hydrogen-bond donors (Lipinski definition) is 1. The average Bonchev–Trinajstić information content (AvgIpc) is 3.09. The maximum absolute atomic E-state index is 11.2. The van der Waals surface area contributed by atoms with Crippen molar-refractivity contribution in [2.75, 3.05) is 37.4 Å². The second-order valence-electron chi connectivity index (χ2n) is 6.70. The molecule has 1 saturated heterocycles. The third kappa shape index (κ3) is 6.53. The van der Waals surface area contributed by atoms with E-state index < -0.39 is 10.0 Å². The lowest BCUT2D eigenvalue weighted by atomic mass is 10.1. The zero-order chi connectivity index (χ0) is 20.1. The number of sulfonamides is 1. The monoisotopic (exact) mass is 444 g/mol. The highest BCUT2D eigenvalue weighted by molar-refractivity contribution is 7.92. The lowest BCUT2D eigenvalue weighted by Gasteiger charge is -2.14. The summed E-state index contributed by atoms with van der Waals surface area (Å²) in [5.41, 5.74) is 1.64. The van der Waals surface area contributed by atoms with Gasteiger partial charge >= 0.3 is 0 Å². The normalized spacial score (nSPS) is 17.6. The van der Waals surface area contributed by atoms with E-state index in [0.717, 1.165) is 31.3 Å². The first-order valence-electron chi connectivity index (χ1n) is 8.77. The van der Waals surface area contributed by atoms with Crippen LogP contribution in [0.4, 0.5) is 5.69 Å². The summed E-state index contributed by atoms with van der Waals surface area (Å²) in [5.74, 6) is 0.664. The van der Waals surface area contributed by atoms with Gasteiger partial charge in [0.25, 0.3) is 0 Å². The third-order valence-electron chi connectivity index (χ3n) is 4.25. The lowest BCUT2D eigenvalue weighted by Crippen LogP contribution is -2.27. The number of benzene rings is 2. The molecular weight excluding hydrogens is 423 g/mol. The Labute approximate surface area is 175 Å². The summed E-state index contributed by atoms with van der Waals surface area (Å²) in [6.45, 7) is 2.64. The van der Waals surface area contributed by atoms with Crippen LogP contribution in [0, 0.1) is 0 Å². The second kappa shape index (κ2) is 9.33. The summed E-state index contributed by atoms with van der Waals surface area (Å²) in [6, 6.07) is 12.5. The quantitative estimate of drug-likeness (QED) is 0.672. The Morgan fingerprint density at radius 2 is 1.93 bits per heavy atom. The van der Waals surface area contributed by atoms with Crippen LogP contribution in [-0.2, 0) is 21.2 Å². The predicted octanol–water partition coefficient (Wildman–Crippen LogP) is 3.64. The van der Waals surface area contributed by atoms with Gasteiger partial charge in [-0.3, -0.25) is 9.62 Å². The van der Waals surface area contributed by atoms with Crippen molar-refractivity contribution in [2.45, 2.75) is 12.5 Å². The fourth-order valence-electron chi connectivity index (χ4n) is 2.87. The molecule has 0 bridgehead atoms. The number of ether oxygens (including phenoxy) is 2. The van der Waals surface area contributed by atoms with Gasteiger partial charge in [0, 0.05) is 18.8 Å². The maximum atomic E-state index is 11.2. The molecule has 1 aliphatic heterocycles. The number of nitrogens with zero attached hydrogens (tertiary/aromatic N) is 1. The van der Waals surface area contributed by atoms with E-state index in [9.17, 15) is 8.42 Å². The van der Waals surface area contributed by atoms with E-state index in [1.54, 1.807) is 24.3 Å². The van der Waals surface area contributed by atoms with Gasteiger partial charge in [-0.25, -0.2) is 8.42 Å². The first kappa shape index (κ1) is 21.2. The molecule has 152 valence electrons. The Morgan fingerprint density at radius 1 is 1.18 bits per heavy atom.